The maximum atomic E-state index is 8.36. The van der Waals surface area contributed by atoms with E-state index in [4.69, 9.17) is 9.94 Å². The van der Waals surface area contributed by atoms with Gasteiger partial charge >= 0.3 is 0 Å². The largest absolute Gasteiger partial charge is 0.474 e. The summed E-state index contributed by atoms with van der Waals surface area (Å²) in [6, 6.07) is 3.52. The highest BCUT2D eigenvalue weighted by Gasteiger charge is 2.03. The number of oxime groups is 1. The Morgan fingerprint density at radius 2 is 2.38 bits per heavy atom. The molecule has 4 heteroatoms. The van der Waals surface area contributed by atoms with Gasteiger partial charge < -0.3 is 9.94 Å². The minimum absolute atomic E-state index is 0.0562. The molecule has 0 amide bonds. The lowest BCUT2D eigenvalue weighted by atomic mass is 10.3. The number of hydrogen-bond donors (Lipinski definition) is 1. The van der Waals surface area contributed by atoms with Gasteiger partial charge in [-0.1, -0.05) is 5.16 Å². The summed E-state index contributed by atoms with van der Waals surface area (Å²) in [5.74, 6) is 0.482. The van der Waals surface area contributed by atoms with E-state index in [2.05, 4.69) is 10.1 Å². The van der Waals surface area contributed by atoms with E-state index in [-0.39, 0.29) is 6.10 Å². The molecule has 1 heterocycles. The Hall–Kier alpha value is -1.58. The molecule has 13 heavy (non-hydrogen) atoms. The highest BCUT2D eigenvalue weighted by atomic mass is 16.5. The van der Waals surface area contributed by atoms with Gasteiger partial charge in [0.05, 0.1) is 17.9 Å². The van der Waals surface area contributed by atoms with E-state index in [0.29, 0.717) is 11.4 Å². The second-order valence-electron chi connectivity index (χ2n) is 2.81. The minimum Gasteiger partial charge on any atom is -0.474 e. The van der Waals surface area contributed by atoms with Crippen LogP contribution in [0, 0.1) is 0 Å². The molecular weight excluding hydrogens is 168 g/mol. The van der Waals surface area contributed by atoms with Crippen LogP contribution in [0.5, 0.6) is 5.88 Å². The maximum Gasteiger partial charge on any atom is 0.222 e. The molecule has 0 aliphatic carbocycles. The van der Waals surface area contributed by atoms with Crippen molar-refractivity contribution in [3.05, 3.63) is 23.9 Å². The first-order chi connectivity index (χ1) is 6.24. The van der Waals surface area contributed by atoms with Gasteiger partial charge in [-0.2, -0.15) is 0 Å². The van der Waals surface area contributed by atoms with Crippen LogP contribution >= 0.6 is 0 Å². The third-order valence-electron chi connectivity index (χ3n) is 1.34. The third-order valence-corrected chi connectivity index (χ3v) is 1.34. The van der Waals surface area contributed by atoms with Crippen molar-refractivity contribution in [2.75, 3.05) is 0 Å². The van der Waals surface area contributed by atoms with Gasteiger partial charge in [-0.3, -0.25) is 0 Å². The molecule has 1 N–H and O–H groups in total. The van der Waals surface area contributed by atoms with Crippen molar-refractivity contribution in [1.82, 2.24) is 4.98 Å². The Balaban J connectivity index is 2.90. The van der Waals surface area contributed by atoms with Crippen LogP contribution in [0.3, 0.4) is 0 Å². The van der Waals surface area contributed by atoms with Gasteiger partial charge in [0.1, 0.15) is 0 Å². The highest BCUT2D eigenvalue weighted by molar-refractivity contribution is 5.81. The number of ether oxygens (including phenoxy) is 1. The van der Waals surface area contributed by atoms with Crippen molar-refractivity contribution in [2.45, 2.75) is 20.0 Å². The quantitative estimate of drug-likeness (QED) is 0.437. The molecule has 0 spiro atoms. The van der Waals surface area contributed by atoms with Gasteiger partial charge in [0.15, 0.2) is 0 Å². The molecule has 4 nitrogen and oxygen atoms in total. The van der Waals surface area contributed by atoms with Crippen LogP contribution in [0.15, 0.2) is 23.5 Å². The number of nitrogens with zero attached hydrogens (tertiary/aromatic N) is 2. The maximum absolute atomic E-state index is 8.36. The summed E-state index contributed by atoms with van der Waals surface area (Å²) >= 11 is 0. The molecule has 0 saturated heterocycles. The Morgan fingerprint density at radius 3 is 3.00 bits per heavy atom. The summed E-state index contributed by atoms with van der Waals surface area (Å²) in [5.41, 5.74) is 0.665. The number of rotatable bonds is 3. The van der Waals surface area contributed by atoms with Crippen LogP contribution in [-0.2, 0) is 0 Å². The molecule has 0 aliphatic rings. The molecule has 0 unspecified atom stereocenters. The van der Waals surface area contributed by atoms with Gasteiger partial charge in [0.2, 0.25) is 5.88 Å². The monoisotopic (exact) mass is 180 g/mol. The van der Waals surface area contributed by atoms with Crippen LogP contribution < -0.4 is 4.74 Å². The first-order valence-corrected chi connectivity index (χ1v) is 4.03. The van der Waals surface area contributed by atoms with Crippen molar-refractivity contribution in [3.8, 4) is 5.88 Å². The van der Waals surface area contributed by atoms with E-state index in [1.807, 2.05) is 13.8 Å². The highest BCUT2D eigenvalue weighted by Crippen LogP contribution is 2.13. The molecule has 1 aromatic rings. The van der Waals surface area contributed by atoms with Crippen LogP contribution in [-0.4, -0.2) is 22.5 Å². The van der Waals surface area contributed by atoms with Gasteiger partial charge in [-0.05, 0) is 26.0 Å². The number of hydrogen-bond acceptors (Lipinski definition) is 4. The molecule has 0 bridgehead atoms. The molecule has 0 radical (unpaired) electrons. The van der Waals surface area contributed by atoms with Crippen LogP contribution in [0.4, 0.5) is 0 Å². The predicted octanol–water partition coefficient (Wildman–Crippen LogP) is 1.68. The summed E-state index contributed by atoms with van der Waals surface area (Å²) in [7, 11) is 0. The van der Waals surface area contributed by atoms with Crippen LogP contribution in [0.2, 0.25) is 0 Å². The van der Waals surface area contributed by atoms with Crippen molar-refractivity contribution in [2.24, 2.45) is 5.16 Å². The molecule has 0 aliphatic heterocycles. The van der Waals surface area contributed by atoms with Crippen LogP contribution in [0.1, 0.15) is 19.4 Å². The van der Waals surface area contributed by atoms with E-state index >= 15 is 0 Å². The molecule has 0 atom stereocenters. The van der Waals surface area contributed by atoms with Gasteiger partial charge in [-0.15, -0.1) is 0 Å². The van der Waals surface area contributed by atoms with E-state index in [0.717, 1.165) is 0 Å². The Morgan fingerprint density at radius 1 is 1.62 bits per heavy atom. The van der Waals surface area contributed by atoms with Gasteiger partial charge in [-0.25, -0.2) is 4.98 Å². The SMILES string of the molecule is CC(C)Oc1ncccc1/C=N/O. The molecule has 70 valence electrons. The first-order valence-electron chi connectivity index (χ1n) is 4.03. The van der Waals surface area contributed by atoms with Crippen LogP contribution in [0.25, 0.3) is 0 Å². The molecular formula is C9H12N2O2. The first kappa shape index (κ1) is 9.51. The minimum atomic E-state index is 0.0562. The van der Waals surface area contributed by atoms with Crippen molar-refractivity contribution < 1.29 is 9.94 Å². The average Bonchev–Trinajstić information content (AvgIpc) is 2.08. The standard InChI is InChI=1S/C9H12N2O2/c1-7(2)13-9-8(6-11-12)4-3-5-10-9/h3-7,12H,1-2H3/b11-6+. The van der Waals surface area contributed by atoms with E-state index in [9.17, 15) is 0 Å². The predicted molar refractivity (Wildman–Crippen MR) is 49.4 cm³/mol. The lowest BCUT2D eigenvalue weighted by Crippen LogP contribution is -2.08. The smallest absolute Gasteiger partial charge is 0.222 e. The molecule has 1 rings (SSSR count). The third kappa shape index (κ3) is 2.74. The van der Waals surface area contributed by atoms with Crippen molar-refractivity contribution in [3.63, 3.8) is 0 Å². The zero-order valence-electron chi connectivity index (χ0n) is 7.64. The number of pyridine rings is 1. The normalized spacial score (nSPS) is 11.0. The second-order valence-corrected chi connectivity index (χ2v) is 2.81. The van der Waals surface area contributed by atoms with Crippen molar-refractivity contribution in [1.29, 1.82) is 0 Å². The summed E-state index contributed by atoms with van der Waals surface area (Å²) in [6.07, 6.45) is 2.98. The fourth-order valence-corrected chi connectivity index (χ4v) is 0.885. The van der Waals surface area contributed by atoms with E-state index in [1.54, 1.807) is 18.3 Å². The summed E-state index contributed by atoms with van der Waals surface area (Å²) in [5, 5.41) is 11.3. The lowest BCUT2D eigenvalue weighted by molar-refractivity contribution is 0.232. The summed E-state index contributed by atoms with van der Waals surface area (Å²) in [4.78, 5) is 4.01. The summed E-state index contributed by atoms with van der Waals surface area (Å²) < 4.78 is 5.38. The topological polar surface area (TPSA) is 54.7 Å². The zero-order chi connectivity index (χ0) is 9.68. The van der Waals surface area contributed by atoms with E-state index < -0.39 is 0 Å². The Labute approximate surface area is 76.9 Å². The molecule has 0 saturated carbocycles. The molecule has 1 aromatic heterocycles. The average molecular weight is 180 g/mol. The van der Waals surface area contributed by atoms with Crippen molar-refractivity contribution >= 4 is 6.21 Å². The number of aromatic nitrogens is 1. The van der Waals surface area contributed by atoms with Gasteiger partial charge in [0.25, 0.3) is 0 Å². The summed E-state index contributed by atoms with van der Waals surface area (Å²) in [6.45, 7) is 3.82. The van der Waals surface area contributed by atoms with Gasteiger partial charge in [0, 0.05) is 6.20 Å². The zero-order valence-corrected chi connectivity index (χ0v) is 7.64. The lowest BCUT2D eigenvalue weighted by Gasteiger charge is -2.09. The Kier molecular flexibility index (Phi) is 3.25. The Bertz CT molecular complexity index is 297. The fourth-order valence-electron chi connectivity index (χ4n) is 0.885. The second kappa shape index (κ2) is 4.45. The fraction of sp³-hybridized carbons (Fsp3) is 0.333. The van der Waals surface area contributed by atoms with E-state index in [1.165, 1.54) is 6.21 Å². The molecule has 0 fully saturated rings. The molecule has 0 aromatic carbocycles.